The van der Waals surface area contributed by atoms with Gasteiger partial charge in [-0.05, 0) is 31.5 Å². The molecule has 0 aliphatic rings. The SMILES string of the molecule is CCNC(=O)NS(=O)(=O)c1cc(N)c(Cl)cc1C. The first-order valence-electron chi connectivity index (χ1n) is 5.14. The van der Waals surface area contributed by atoms with Crippen LogP contribution in [-0.2, 0) is 10.0 Å². The second-order valence-electron chi connectivity index (χ2n) is 3.60. The molecule has 4 N–H and O–H groups in total. The Kier molecular flexibility index (Phi) is 4.42. The van der Waals surface area contributed by atoms with Gasteiger partial charge in [0.2, 0.25) is 0 Å². The number of nitrogens with one attached hydrogen (secondary N) is 2. The summed E-state index contributed by atoms with van der Waals surface area (Å²) >= 11 is 5.77. The van der Waals surface area contributed by atoms with Crippen LogP contribution in [0.2, 0.25) is 5.02 Å². The standard InChI is InChI=1S/C10H14ClN3O3S/c1-3-13-10(15)14-18(16,17)9-5-8(12)7(11)4-6(9)2/h4-5H,3,12H2,1-2H3,(H2,13,14,15). The number of carbonyl (C=O) groups excluding carboxylic acids is 1. The molecule has 2 amide bonds. The zero-order chi connectivity index (χ0) is 13.9. The number of urea groups is 1. The highest BCUT2D eigenvalue weighted by Gasteiger charge is 2.20. The Morgan fingerprint density at radius 1 is 1.44 bits per heavy atom. The number of nitrogen functional groups attached to an aromatic ring is 1. The monoisotopic (exact) mass is 291 g/mol. The molecule has 0 fully saturated rings. The van der Waals surface area contributed by atoms with E-state index in [0.29, 0.717) is 12.1 Å². The van der Waals surface area contributed by atoms with Gasteiger partial charge in [0.05, 0.1) is 15.6 Å². The maximum absolute atomic E-state index is 11.9. The Morgan fingerprint density at radius 2 is 2.06 bits per heavy atom. The Morgan fingerprint density at radius 3 is 2.61 bits per heavy atom. The van der Waals surface area contributed by atoms with Gasteiger partial charge in [0.1, 0.15) is 0 Å². The lowest BCUT2D eigenvalue weighted by atomic mass is 10.2. The lowest BCUT2D eigenvalue weighted by molar-refractivity contribution is 0.246. The van der Waals surface area contributed by atoms with Crippen LogP contribution in [0.3, 0.4) is 0 Å². The van der Waals surface area contributed by atoms with Gasteiger partial charge < -0.3 is 11.1 Å². The molecule has 0 unspecified atom stereocenters. The van der Waals surface area contributed by atoms with E-state index in [0.717, 1.165) is 0 Å². The average Bonchev–Trinajstić information content (AvgIpc) is 2.22. The predicted octanol–water partition coefficient (Wildman–Crippen LogP) is 1.24. The summed E-state index contributed by atoms with van der Waals surface area (Å²) in [4.78, 5) is 11.2. The number of hydrogen-bond acceptors (Lipinski definition) is 4. The first-order valence-corrected chi connectivity index (χ1v) is 7.00. The Balaban J connectivity index is 3.13. The van der Waals surface area contributed by atoms with Crippen molar-refractivity contribution in [3.05, 3.63) is 22.7 Å². The summed E-state index contributed by atoms with van der Waals surface area (Å²) in [5.74, 6) is 0. The number of halogens is 1. The first kappa shape index (κ1) is 14.6. The van der Waals surface area contributed by atoms with E-state index in [2.05, 4.69) is 5.32 Å². The summed E-state index contributed by atoms with van der Waals surface area (Å²) in [7, 11) is -3.95. The third kappa shape index (κ3) is 3.27. The van der Waals surface area contributed by atoms with E-state index in [1.165, 1.54) is 12.1 Å². The molecule has 0 radical (unpaired) electrons. The molecule has 0 saturated carbocycles. The molecule has 1 rings (SSSR count). The third-order valence-corrected chi connectivity index (χ3v) is 3.95. The fourth-order valence-corrected chi connectivity index (χ4v) is 2.74. The molecule has 8 heteroatoms. The fourth-order valence-electron chi connectivity index (χ4n) is 1.33. The minimum atomic E-state index is -3.95. The minimum Gasteiger partial charge on any atom is -0.397 e. The summed E-state index contributed by atoms with van der Waals surface area (Å²) in [5, 5.41) is 2.60. The van der Waals surface area contributed by atoms with E-state index in [-0.39, 0.29) is 15.6 Å². The fraction of sp³-hybridized carbons (Fsp3) is 0.300. The van der Waals surface area contributed by atoms with Gasteiger partial charge in [-0.25, -0.2) is 17.9 Å². The third-order valence-electron chi connectivity index (χ3n) is 2.15. The molecule has 0 saturated heterocycles. The van der Waals surface area contributed by atoms with Crippen molar-refractivity contribution in [2.45, 2.75) is 18.7 Å². The summed E-state index contributed by atoms with van der Waals surface area (Å²) in [5.41, 5.74) is 6.10. The molecule has 0 aromatic heterocycles. The summed E-state index contributed by atoms with van der Waals surface area (Å²) in [6, 6.07) is 1.87. The molecule has 18 heavy (non-hydrogen) atoms. The van der Waals surface area contributed by atoms with E-state index in [4.69, 9.17) is 17.3 Å². The zero-order valence-electron chi connectivity index (χ0n) is 9.95. The molecule has 1 aromatic rings. The van der Waals surface area contributed by atoms with Crippen molar-refractivity contribution in [1.82, 2.24) is 10.0 Å². The number of amides is 2. The molecule has 1 aromatic carbocycles. The smallest absolute Gasteiger partial charge is 0.328 e. The maximum Gasteiger partial charge on any atom is 0.328 e. The molecular weight excluding hydrogens is 278 g/mol. The Bertz CT molecular complexity index is 572. The number of rotatable bonds is 3. The number of hydrogen-bond donors (Lipinski definition) is 3. The van der Waals surface area contributed by atoms with E-state index >= 15 is 0 Å². The number of sulfonamides is 1. The Labute approximate surface area is 111 Å². The van der Waals surface area contributed by atoms with Crippen molar-refractivity contribution < 1.29 is 13.2 Å². The van der Waals surface area contributed by atoms with Crippen molar-refractivity contribution >= 4 is 33.3 Å². The summed E-state index contributed by atoms with van der Waals surface area (Å²) in [6.07, 6.45) is 0. The van der Waals surface area contributed by atoms with Crippen molar-refractivity contribution in [3.8, 4) is 0 Å². The van der Waals surface area contributed by atoms with E-state index in [1.54, 1.807) is 13.8 Å². The van der Waals surface area contributed by atoms with Gasteiger partial charge >= 0.3 is 6.03 Å². The van der Waals surface area contributed by atoms with Crippen LogP contribution >= 0.6 is 11.6 Å². The van der Waals surface area contributed by atoms with Crippen LogP contribution in [0.25, 0.3) is 0 Å². The normalized spacial score (nSPS) is 11.1. The number of anilines is 1. The van der Waals surface area contributed by atoms with Crippen LogP contribution in [-0.4, -0.2) is 21.0 Å². The van der Waals surface area contributed by atoms with Crippen LogP contribution in [0.4, 0.5) is 10.5 Å². The number of nitrogens with two attached hydrogens (primary N) is 1. The molecule has 100 valence electrons. The lowest BCUT2D eigenvalue weighted by Gasteiger charge is -2.11. The molecular formula is C10H14ClN3O3S. The quantitative estimate of drug-likeness (QED) is 0.729. The van der Waals surface area contributed by atoms with Crippen LogP contribution in [0.5, 0.6) is 0 Å². The van der Waals surface area contributed by atoms with E-state index < -0.39 is 16.1 Å². The number of benzene rings is 1. The highest BCUT2D eigenvalue weighted by Crippen LogP contribution is 2.25. The van der Waals surface area contributed by atoms with E-state index in [1.807, 2.05) is 4.72 Å². The second kappa shape index (κ2) is 5.45. The highest BCUT2D eigenvalue weighted by molar-refractivity contribution is 7.90. The summed E-state index contributed by atoms with van der Waals surface area (Å²) < 4.78 is 25.7. The number of carbonyl (C=O) groups is 1. The van der Waals surface area contributed by atoms with E-state index in [9.17, 15) is 13.2 Å². The maximum atomic E-state index is 11.9. The second-order valence-corrected chi connectivity index (χ2v) is 5.66. The van der Waals surface area contributed by atoms with Gasteiger partial charge in [-0.2, -0.15) is 0 Å². The van der Waals surface area contributed by atoms with Crippen LogP contribution in [0.15, 0.2) is 17.0 Å². The molecule has 0 spiro atoms. The topological polar surface area (TPSA) is 101 Å². The predicted molar refractivity (Wildman–Crippen MR) is 70.0 cm³/mol. The Hall–Kier alpha value is -1.47. The number of aryl methyl sites for hydroxylation is 1. The van der Waals surface area contributed by atoms with Gasteiger partial charge in [0, 0.05) is 6.54 Å². The molecule has 6 nitrogen and oxygen atoms in total. The van der Waals surface area contributed by atoms with Crippen molar-refractivity contribution in [2.24, 2.45) is 0 Å². The molecule has 0 heterocycles. The van der Waals surface area contributed by atoms with Gasteiger partial charge in [-0.3, -0.25) is 0 Å². The van der Waals surface area contributed by atoms with Crippen LogP contribution in [0, 0.1) is 6.92 Å². The minimum absolute atomic E-state index is 0.0735. The van der Waals surface area contributed by atoms with Gasteiger partial charge in [-0.1, -0.05) is 11.6 Å². The average molecular weight is 292 g/mol. The molecule has 0 atom stereocenters. The molecule has 0 aliphatic carbocycles. The van der Waals surface area contributed by atoms with Crippen molar-refractivity contribution in [2.75, 3.05) is 12.3 Å². The molecule has 0 aliphatic heterocycles. The van der Waals surface area contributed by atoms with Crippen molar-refractivity contribution in [1.29, 1.82) is 0 Å². The lowest BCUT2D eigenvalue weighted by Crippen LogP contribution is -2.39. The van der Waals surface area contributed by atoms with Gasteiger partial charge in [-0.15, -0.1) is 0 Å². The molecule has 0 bridgehead atoms. The van der Waals surface area contributed by atoms with Gasteiger partial charge in [0.15, 0.2) is 0 Å². The van der Waals surface area contributed by atoms with Crippen LogP contribution < -0.4 is 15.8 Å². The first-order chi connectivity index (χ1) is 8.27. The summed E-state index contributed by atoms with van der Waals surface area (Å²) in [6.45, 7) is 3.57. The van der Waals surface area contributed by atoms with Crippen molar-refractivity contribution in [3.63, 3.8) is 0 Å². The highest BCUT2D eigenvalue weighted by atomic mass is 35.5. The largest absolute Gasteiger partial charge is 0.397 e. The zero-order valence-corrected chi connectivity index (χ0v) is 11.5. The van der Waals surface area contributed by atoms with Crippen LogP contribution in [0.1, 0.15) is 12.5 Å². The van der Waals surface area contributed by atoms with Gasteiger partial charge in [0.25, 0.3) is 10.0 Å².